The third-order valence-corrected chi connectivity index (χ3v) is 2.53. The van der Waals surface area contributed by atoms with Gasteiger partial charge in [-0.1, -0.05) is 37.1 Å². The molecular formula is C12H19ClN2. The number of para-hydroxylation sites is 1. The fraction of sp³-hybridized carbons (Fsp3) is 0.500. The van der Waals surface area contributed by atoms with Gasteiger partial charge < -0.3 is 10.6 Å². The first-order valence-corrected chi connectivity index (χ1v) is 5.91. The minimum absolute atomic E-state index is 0.783. The average Bonchev–Trinajstić information content (AvgIpc) is 2.25. The van der Waals surface area contributed by atoms with Gasteiger partial charge in [0.2, 0.25) is 0 Å². The highest BCUT2D eigenvalue weighted by atomic mass is 35.5. The van der Waals surface area contributed by atoms with E-state index < -0.39 is 0 Å². The van der Waals surface area contributed by atoms with Crippen LogP contribution in [0.3, 0.4) is 0 Å². The molecule has 0 saturated heterocycles. The van der Waals surface area contributed by atoms with Gasteiger partial charge in [0.1, 0.15) is 0 Å². The third-order valence-electron chi connectivity index (χ3n) is 2.20. The standard InChI is InChI=1S/C12H19ClN2/c1-2-3-8-14-9-10-15-12-7-5-4-6-11(12)13/h4-7,14-15H,2-3,8-10H2,1H3. The lowest BCUT2D eigenvalue weighted by Crippen LogP contribution is -2.23. The van der Waals surface area contributed by atoms with Crippen LogP contribution >= 0.6 is 11.6 Å². The van der Waals surface area contributed by atoms with Crippen LogP contribution in [-0.4, -0.2) is 19.6 Å². The summed E-state index contributed by atoms with van der Waals surface area (Å²) in [4.78, 5) is 0. The number of anilines is 1. The van der Waals surface area contributed by atoms with E-state index in [2.05, 4.69) is 17.6 Å². The monoisotopic (exact) mass is 226 g/mol. The Balaban J connectivity index is 2.12. The second-order valence-electron chi connectivity index (χ2n) is 3.51. The van der Waals surface area contributed by atoms with E-state index in [4.69, 9.17) is 11.6 Å². The maximum Gasteiger partial charge on any atom is 0.0637 e. The topological polar surface area (TPSA) is 24.1 Å². The lowest BCUT2D eigenvalue weighted by atomic mass is 10.3. The summed E-state index contributed by atoms with van der Waals surface area (Å²) in [7, 11) is 0. The number of hydrogen-bond acceptors (Lipinski definition) is 2. The van der Waals surface area contributed by atoms with Crippen molar-refractivity contribution in [2.45, 2.75) is 19.8 Å². The molecule has 0 aromatic heterocycles. The molecule has 0 atom stereocenters. The van der Waals surface area contributed by atoms with Crippen LogP contribution in [0.15, 0.2) is 24.3 Å². The molecule has 0 aliphatic carbocycles. The SMILES string of the molecule is CCCCNCCNc1ccccc1Cl. The molecule has 1 aromatic carbocycles. The van der Waals surface area contributed by atoms with Gasteiger partial charge in [-0.2, -0.15) is 0 Å². The molecule has 3 heteroatoms. The van der Waals surface area contributed by atoms with Gasteiger partial charge >= 0.3 is 0 Å². The van der Waals surface area contributed by atoms with Crippen molar-refractivity contribution in [2.24, 2.45) is 0 Å². The first-order valence-electron chi connectivity index (χ1n) is 5.53. The number of rotatable bonds is 7. The highest BCUT2D eigenvalue weighted by Gasteiger charge is 1.95. The predicted octanol–water partition coefficient (Wildman–Crippen LogP) is 3.14. The summed E-state index contributed by atoms with van der Waals surface area (Å²) in [5.41, 5.74) is 1.01. The Labute approximate surface area is 97.0 Å². The molecule has 2 N–H and O–H groups in total. The molecule has 0 aliphatic heterocycles. The van der Waals surface area contributed by atoms with Crippen LogP contribution in [0, 0.1) is 0 Å². The highest BCUT2D eigenvalue weighted by Crippen LogP contribution is 2.19. The van der Waals surface area contributed by atoms with Crippen LogP contribution in [0.25, 0.3) is 0 Å². The fourth-order valence-corrected chi connectivity index (χ4v) is 1.52. The van der Waals surface area contributed by atoms with Crippen LogP contribution in [0.5, 0.6) is 0 Å². The summed E-state index contributed by atoms with van der Waals surface area (Å²) in [6.45, 7) is 5.18. The van der Waals surface area contributed by atoms with Crippen LogP contribution < -0.4 is 10.6 Å². The van der Waals surface area contributed by atoms with Crippen LogP contribution in [-0.2, 0) is 0 Å². The minimum Gasteiger partial charge on any atom is -0.383 e. The molecule has 1 rings (SSSR count). The number of nitrogens with one attached hydrogen (secondary N) is 2. The fourth-order valence-electron chi connectivity index (χ4n) is 1.32. The Morgan fingerprint density at radius 1 is 1.13 bits per heavy atom. The Morgan fingerprint density at radius 2 is 1.93 bits per heavy atom. The molecule has 15 heavy (non-hydrogen) atoms. The Hall–Kier alpha value is -0.730. The van der Waals surface area contributed by atoms with E-state index in [-0.39, 0.29) is 0 Å². The van der Waals surface area contributed by atoms with Crippen molar-refractivity contribution in [3.8, 4) is 0 Å². The summed E-state index contributed by atoms with van der Waals surface area (Å²) in [5, 5.41) is 7.45. The summed E-state index contributed by atoms with van der Waals surface area (Å²) in [6, 6.07) is 7.81. The molecular weight excluding hydrogens is 208 g/mol. The third kappa shape index (κ3) is 5.05. The zero-order chi connectivity index (χ0) is 10.9. The number of benzene rings is 1. The van der Waals surface area contributed by atoms with Gasteiger partial charge in [-0.3, -0.25) is 0 Å². The Morgan fingerprint density at radius 3 is 2.67 bits per heavy atom. The molecule has 0 unspecified atom stereocenters. The number of halogens is 1. The van der Waals surface area contributed by atoms with Gasteiger partial charge in [0.05, 0.1) is 10.7 Å². The number of hydrogen-bond donors (Lipinski definition) is 2. The van der Waals surface area contributed by atoms with Crippen molar-refractivity contribution in [2.75, 3.05) is 25.0 Å². The Kier molecular flexibility index (Phi) is 6.21. The normalized spacial score (nSPS) is 10.3. The molecule has 0 aliphatic rings. The molecule has 0 saturated carbocycles. The van der Waals surface area contributed by atoms with Crippen molar-refractivity contribution in [3.05, 3.63) is 29.3 Å². The van der Waals surface area contributed by atoms with Crippen molar-refractivity contribution < 1.29 is 0 Å². The highest BCUT2D eigenvalue weighted by molar-refractivity contribution is 6.33. The minimum atomic E-state index is 0.783. The average molecular weight is 227 g/mol. The molecule has 84 valence electrons. The van der Waals surface area contributed by atoms with Gasteiger partial charge in [0.15, 0.2) is 0 Å². The van der Waals surface area contributed by atoms with Crippen molar-refractivity contribution in [1.82, 2.24) is 5.32 Å². The summed E-state index contributed by atoms with van der Waals surface area (Å²) >= 11 is 6.00. The second kappa shape index (κ2) is 7.55. The molecule has 0 spiro atoms. The van der Waals surface area contributed by atoms with E-state index in [1.807, 2.05) is 24.3 Å². The van der Waals surface area contributed by atoms with Crippen LogP contribution in [0.1, 0.15) is 19.8 Å². The number of unbranched alkanes of at least 4 members (excludes halogenated alkanes) is 1. The zero-order valence-corrected chi connectivity index (χ0v) is 9.98. The van der Waals surface area contributed by atoms with E-state index in [0.29, 0.717) is 0 Å². The lowest BCUT2D eigenvalue weighted by Gasteiger charge is -2.08. The molecule has 0 radical (unpaired) electrons. The zero-order valence-electron chi connectivity index (χ0n) is 9.22. The maximum atomic E-state index is 6.00. The quantitative estimate of drug-likeness (QED) is 0.698. The Bertz CT molecular complexity index is 276. The van der Waals surface area contributed by atoms with Gasteiger partial charge in [-0.15, -0.1) is 0 Å². The van der Waals surface area contributed by atoms with E-state index >= 15 is 0 Å². The van der Waals surface area contributed by atoms with E-state index in [1.165, 1.54) is 12.8 Å². The first-order chi connectivity index (χ1) is 7.34. The predicted molar refractivity (Wildman–Crippen MR) is 67.7 cm³/mol. The van der Waals surface area contributed by atoms with Crippen LogP contribution in [0.2, 0.25) is 5.02 Å². The van der Waals surface area contributed by atoms with Crippen LogP contribution in [0.4, 0.5) is 5.69 Å². The van der Waals surface area contributed by atoms with Gasteiger partial charge in [0, 0.05) is 13.1 Å². The summed E-state index contributed by atoms with van der Waals surface area (Å²) in [5.74, 6) is 0. The van der Waals surface area contributed by atoms with E-state index in [0.717, 1.165) is 30.3 Å². The second-order valence-corrected chi connectivity index (χ2v) is 3.92. The summed E-state index contributed by atoms with van der Waals surface area (Å²) in [6.07, 6.45) is 2.48. The van der Waals surface area contributed by atoms with Crippen molar-refractivity contribution in [3.63, 3.8) is 0 Å². The van der Waals surface area contributed by atoms with Crippen molar-refractivity contribution in [1.29, 1.82) is 0 Å². The first kappa shape index (κ1) is 12.3. The molecule has 0 heterocycles. The molecule has 2 nitrogen and oxygen atoms in total. The van der Waals surface area contributed by atoms with Gasteiger partial charge in [-0.25, -0.2) is 0 Å². The van der Waals surface area contributed by atoms with Gasteiger partial charge in [-0.05, 0) is 25.1 Å². The van der Waals surface area contributed by atoms with Gasteiger partial charge in [0.25, 0.3) is 0 Å². The molecule has 0 amide bonds. The molecule has 1 aromatic rings. The van der Waals surface area contributed by atoms with E-state index in [1.54, 1.807) is 0 Å². The smallest absolute Gasteiger partial charge is 0.0637 e. The maximum absolute atomic E-state index is 6.00. The largest absolute Gasteiger partial charge is 0.383 e. The summed E-state index contributed by atoms with van der Waals surface area (Å²) < 4.78 is 0. The molecule has 0 fully saturated rings. The van der Waals surface area contributed by atoms with Crippen molar-refractivity contribution >= 4 is 17.3 Å². The van der Waals surface area contributed by atoms with E-state index in [9.17, 15) is 0 Å². The lowest BCUT2D eigenvalue weighted by molar-refractivity contribution is 0.652. The molecule has 0 bridgehead atoms.